The smallest absolute Gasteiger partial charge is 0.493 e. The number of aromatic nitrogens is 1. The van der Waals surface area contributed by atoms with E-state index in [0.717, 1.165) is 12.1 Å². The van der Waals surface area contributed by atoms with Crippen LogP contribution in [0.15, 0.2) is 42.6 Å². The molecule has 2 aromatic rings. The first-order chi connectivity index (χ1) is 15.8. The van der Waals surface area contributed by atoms with E-state index < -0.39 is 13.0 Å². The molecule has 10 heteroatoms. The number of rotatable bonds is 7. The summed E-state index contributed by atoms with van der Waals surface area (Å²) in [6, 6.07) is 10.5. The molecule has 178 valence electrons. The standard InChI is InChI=1S/C23H25F3N2O5/c1-30-19-12-16(5-6-18(19)32-10-11-33-23(24,25)26)21(29)28-9-7-22(15-31-14-17(22)13-28)20-4-2-3-8-27-20/h2-6,8,12,17H,7,9-11,13-15H2,1H3. The Morgan fingerprint density at radius 1 is 1.24 bits per heavy atom. The van der Waals surface area contributed by atoms with Crippen LogP contribution in [0.2, 0.25) is 0 Å². The molecule has 4 rings (SSSR count). The van der Waals surface area contributed by atoms with Crippen LogP contribution in [0, 0.1) is 5.92 Å². The molecule has 0 saturated carbocycles. The lowest BCUT2D eigenvalue weighted by Crippen LogP contribution is -2.51. The number of benzene rings is 1. The fraction of sp³-hybridized carbons (Fsp3) is 0.478. The van der Waals surface area contributed by atoms with E-state index in [1.807, 2.05) is 18.2 Å². The largest absolute Gasteiger partial charge is 0.522 e. The molecular formula is C23H25F3N2O5. The highest BCUT2D eigenvalue weighted by Gasteiger charge is 2.50. The van der Waals surface area contributed by atoms with E-state index in [1.54, 1.807) is 17.2 Å². The predicted molar refractivity (Wildman–Crippen MR) is 111 cm³/mol. The van der Waals surface area contributed by atoms with E-state index in [1.165, 1.54) is 19.2 Å². The first-order valence-corrected chi connectivity index (χ1v) is 10.6. The third-order valence-corrected chi connectivity index (χ3v) is 6.21. The number of alkyl halides is 3. The summed E-state index contributed by atoms with van der Waals surface area (Å²) in [7, 11) is 1.40. The van der Waals surface area contributed by atoms with Crippen molar-refractivity contribution in [2.24, 2.45) is 5.92 Å². The fourth-order valence-corrected chi connectivity index (χ4v) is 4.52. The number of fused-ring (bicyclic) bond motifs is 1. The van der Waals surface area contributed by atoms with Crippen molar-refractivity contribution in [3.05, 3.63) is 53.9 Å². The minimum Gasteiger partial charge on any atom is -0.493 e. The van der Waals surface area contributed by atoms with Crippen LogP contribution in [0.4, 0.5) is 13.2 Å². The van der Waals surface area contributed by atoms with Crippen molar-refractivity contribution in [3.8, 4) is 11.5 Å². The minimum atomic E-state index is -4.71. The van der Waals surface area contributed by atoms with Gasteiger partial charge in [-0.25, -0.2) is 0 Å². The third kappa shape index (κ3) is 5.06. The Morgan fingerprint density at radius 3 is 2.82 bits per heavy atom. The molecule has 0 aliphatic carbocycles. The number of amides is 1. The van der Waals surface area contributed by atoms with Gasteiger partial charge >= 0.3 is 6.36 Å². The lowest BCUT2D eigenvalue weighted by atomic mass is 9.70. The van der Waals surface area contributed by atoms with E-state index >= 15 is 0 Å². The van der Waals surface area contributed by atoms with E-state index in [2.05, 4.69) is 9.72 Å². The Labute approximate surface area is 189 Å². The number of halogens is 3. The van der Waals surface area contributed by atoms with E-state index in [0.29, 0.717) is 31.9 Å². The fourth-order valence-electron chi connectivity index (χ4n) is 4.52. The maximum absolute atomic E-state index is 13.2. The number of pyridine rings is 1. The van der Waals surface area contributed by atoms with Gasteiger partial charge in [0.1, 0.15) is 6.61 Å². The Hall–Kier alpha value is -2.85. The van der Waals surface area contributed by atoms with Gasteiger partial charge in [-0.3, -0.25) is 14.5 Å². The van der Waals surface area contributed by atoms with Crippen LogP contribution in [-0.4, -0.2) is 68.8 Å². The van der Waals surface area contributed by atoms with E-state index in [4.69, 9.17) is 14.2 Å². The molecule has 1 amide bonds. The maximum Gasteiger partial charge on any atom is 0.522 e. The zero-order chi connectivity index (χ0) is 23.5. The summed E-state index contributed by atoms with van der Waals surface area (Å²) < 4.78 is 56.4. The monoisotopic (exact) mass is 466 g/mol. The Balaban J connectivity index is 1.42. The highest BCUT2D eigenvalue weighted by molar-refractivity contribution is 5.95. The molecule has 0 bridgehead atoms. The van der Waals surface area contributed by atoms with Crippen molar-refractivity contribution < 1.29 is 36.9 Å². The van der Waals surface area contributed by atoms with Gasteiger partial charge < -0.3 is 19.1 Å². The number of nitrogens with zero attached hydrogens (tertiary/aromatic N) is 2. The highest BCUT2D eigenvalue weighted by atomic mass is 19.4. The second-order valence-corrected chi connectivity index (χ2v) is 8.09. The van der Waals surface area contributed by atoms with Gasteiger partial charge in [0.15, 0.2) is 11.5 Å². The number of carbonyl (C=O) groups excluding carboxylic acids is 1. The topological polar surface area (TPSA) is 70.1 Å². The third-order valence-electron chi connectivity index (χ3n) is 6.21. The maximum atomic E-state index is 13.2. The molecule has 0 radical (unpaired) electrons. The van der Waals surface area contributed by atoms with Crippen molar-refractivity contribution in [1.82, 2.24) is 9.88 Å². The number of hydrogen-bond acceptors (Lipinski definition) is 6. The molecule has 3 heterocycles. The first-order valence-electron chi connectivity index (χ1n) is 10.6. The molecule has 2 aliphatic rings. The Kier molecular flexibility index (Phi) is 6.76. The van der Waals surface area contributed by atoms with E-state index in [9.17, 15) is 18.0 Å². The molecule has 0 N–H and O–H groups in total. The molecule has 33 heavy (non-hydrogen) atoms. The SMILES string of the molecule is COc1cc(C(=O)N2CCC3(c4ccccn4)COCC3C2)ccc1OCCOC(F)(F)F. The molecule has 1 aromatic carbocycles. The van der Waals surface area contributed by atoms with Crippen LogP contribution >= 0.6 is 0 Å². The van der Waals surface area contributed by atoms with Crippen LogP contribution < -0.4 is 9.47 Å². The zero-order valence-electron chi connectivity index (χ0n) is 18.1. The Bertz CT molecular complexity index is 972. The summed E-state index contributed by atoms with van der Waals surface area (Å²) in [4.78, 5) is 19.6. The van der Waals surface area contributed by atoms with E-state index in [-0.39, 0.29) is 35.3 Å². The average molecular weight is 466 g/mol. The van der Waals surface area contributed by atoms with Gasteiger partial charge in [-0.05, 0) is 36.8 Å². The van der Waals surface area contributed by atoms with Gasteiger partial charge in [0.25, 0.3) is 5.91 Å². The number of piperidine rings is 1. The summed E-state index contributed by atoms with van der Waals surface area (Å²) in [5, 5.41) is 0. The van der Waals surface area contributed by atoms with Crippen molar-refractivity contribution in [3.63, 3.8) is 0 Å². The zero-order valence-corrected chi connectivity index (χ0v) is 18.1. The molecule has 1 aromatic heterocycles. The summed E-state index contributed by atoms with van der Waals surface area (Å²) in [5.74, 6) is 0.485. The number of ether oxygens (including phenoxy) is 4. The molecule has 2 fully saturated rings. The Morgan fingerprint density at radius 2 is 2.09 bits per heavy atom. The van der Waals surface area contributed by atoms with Crippen molar-refractivity contribution in [1.29, 1.82) is 0 Å². The van der Waals surface area contributed by atoms with Crippen molar-refractivity contribution in [2.45, 2.75) is 18.2 Å². The average Bonchev–Trinajstić information content (AvgIpc) is 3.26. The summed E-state index contributed by atoms with van der Waals surface area (Å²) in [6.07, 6.45) is -2.18. The van der Waals surface area contributed by atoms with Gasteiger partial charge in [-0.15, -0.1) is 13.2 Å². The summed E-state index contributed by atoms with van der Waals surface area (Å²) in [6.45, 7) is 1.30. The first kappa shape index (κ1) is 23.3. The predicted octanol–water partition coefficient (Wildman–Crippen LogP) is 3.44. The molecule has 2 atom stereocenters. The van der Waals surface area contributed by atoms with Gasteiger partial charge in [0.2, 0.25) is 0 Å². The van der Waals surface area contributed by atoms with Gasteiger partial charge in [0.05, 0.1) is 26.9 Å². The van der Waals surface area contributed by atoms with Crippen LogP contribution in [0.1, 0.15) is 22.5 Å². The number of hydrogen-bond donors (Lipinski definition) is 0. The number of carbonyl (C=O) groups is 1. The molecule has 2 saturated heterocycles. The lowest BCUT2D eigenvalue weighted by molar-refractivity contribution is -0.325. The van der Waals surface area contributed by atoms with Crippen LogP contribution in [0.5, 0.6) is 11.5 Å². The molecule has 7 nitrogen and oxygen atoms in total. The molecule has 2 aliphatic heterocycles. The van der Waals surface area contributed by atoms with Gasteiger partial charge in [0, 0.05) is 41.9 Å². The number of likely N-dealkylation sites (tertiary alicyclic amines) is 1. The minimum absolute atomic E-state index is 0.142. The molecule has 0 spiro atoms. The normalized spacial score (nSPS) is 22.7. The van der Waals surface area contributed by atoms with Crippen LogP contribution in [-0.2, 0) is 14.9 Å². The quantitative estimate of drug-likeness (QED) is 0.583. The number of methoxy groups -OCH3 is 1. The second-order valence-electron chi connectivity index (χ2n) is 8.09. The van der Waals surface area contributed by atoms with Crippen LogP contribution in [0.3, 0.4) is 0 Å². The second kappa shape index (κ2) is 9.56. The van der Waals surface area contributed by atoms with Crippen molar-refractivity contribution >= 4 is 5.91 Å². The molecular weight excluding hydrogens is 441 g/mol. The summed E-state index contributed by atoms with van der Waals surface area (Å²) >= 11 is 0. The van der Waals surface area contributed by atoms with Crippen molar-refractivity contribution in [2.75, 3.05) is 46.6 Å². The molecule has 2 unspecified atom stereocenters. The van der Waals surface area contributed by atoms with Gasteiger partial charge in [-0.1, -0.05) is 6.07 Å². The van der Waals surface area contributed by atoms with Gasteiger partial charge in [-0.2, -0.15) is 0 Å². The highest BCUT2D eigenvalue weighted by Crippen LogP contribution is 2.43. The van der Waals surface area contributed by atoms with Crippen LogP contribution in [0.25, 0.3) is 0 Å². The lowest BCUT2D eigenvalue weighted by Gasteiger charge is -2.42. The summed E-state index contributed by atoms with van der Waals surface area (Å²) in [5.41, 5.74) is 1.22.